The van der Waals surface area contributed by atoms with E-state index in [1.807, 2.05) is 18.2 Å². The second kappa shape index (κ2) is 7.40. The van der Waals surface area contributed by atoms with E-state index in [-0.39, 0.29) is 0 Å². The molecule has 2 N–H and O–H groups in total. The topological polar surface area (TPSA) is 74.2 Å². The summed E-state index contributed by atoms with van der Waals surface area (Å²) in [5.41, 5.74) is 6.68. The first-order valence-electron chi connectivity index (χ1n) is 6.65. The molecule has 0 unspecified atom stereocenters. The Balaban J connectivity index is 2.02. The summed E-state index contributed by atoms with van der Waals surface area (Å²) in [6.07, 6.45) is 2.54. The van der Waals surface area contributed by atoms with Gasteiger partial charge >= 0.3 is 0 Å². The van der Waals surface area contributed by atoms with Crippen molar-refractivity contribution >= 4 is 15.9 Å². The van der Waals surface area contributed by atoms with Crippen LogP contribution >= 0.6 is 15.9 Å². The fourth-order valence-electron chi connectivity index (χ4n) is 1.85. The molecule has 2 rings (SSSR count). The van der Waals surface area contributed by atoms with Crippen LogP contribution in [0.15, 0.2) is 27.2 Å². The Morgan fingerprint density at radius 3 is 2.95 bits per heavy atom. The van der Waals surface area contributed by atoms with Crippen molar-refractivity contribution < 1.29 is 9.26 Å². The number of hydrogen-bond acceptors (Lipinski definition) is 5. The fraction of sp³-hybridized carbons (Fsp3) is 0.429. The maximum atomic E-state index is 5.76. The first-order chi connectivity index (χ1) is 9.72. The van der Waals surface area contributed by atoms with Crippen molar-refractivity contribution in [3.63, 3.8) is 0 Å². The number of nitrogens with two attached hydrogens (primary N) is 1. The Labute approximate surface area is 126 Å². The average Bonchev–Trinajstić information content (AvgIpc) is 2.86. The van der Waals surface area contributed by atoms with E-state index in [1.54, 1.807) is 0 Å². The van der Waals surface area contributed by atoms with Gasteiger partial charge in [-0.15, -0.1) is 0 Å². The summed E-state index contributed by atoms with van der Waals surface area (Å²) in [5, 5.41) is 3.90. The molecule has 1 heterocycles. The lowest BCUT2D eigenvalue weighted by Gasteiger charge is -2.09. The van der Waals surface area contributed by atoms with Crippen molar-refractivity contribution in [3.05, 3.63) is 40.0 Å². The van der Waals surface area contributed by atoms with E-state index in [0.29, 0.717) is 24.9 Å². The van der Waals surface area contributed by atoms with Crippen molar-refractivity contribution in [2.45, 2.75) is 32.8 Å². The van der Waals surface area contributed by atoms with Crippen LogP contribution in [-0.4, -0.2) is 16.7 Å². The molecule has 0 saturated heterocycles. The van der Waals surface area contributed by atoms with Gasteiger partial charge in [-0.1, -0.05) is 28.0 Å². The molecule has 108 valence electrons. The summed E-state index contributed by atoms with van der Waals surface area (Å²) in [5.74, 6) is 2.03. The Morgan fingerprint density at radius 2 is 2.20 bits per heavy atom. The summed E-state index contributed by atoms with van der Waals surface area (Å²) in [4.78, 5) is 4.27. The molecule has 0 saturated carbocycles. The molecule has 20 heavy (non-hydrogen) atoms. The molecule has 0 amide bonds. The number of benzene rings is 1. The standard InChI is InChI=1S/C14H18BrN3O2/c1-2-3-14-17-13(18-20-14)9-19-12-5-4-11(15)8-10(12)6-7-16/h4-5,8H,2-3,6-7,9,16H2,1H3. The van der Waals surface area contributed by atoms with E-state index in [2.05, 4.69) is 33.0 Å². The van der Waals surface area contributed by atoms with Gasteiger partial charge in [0.1, 0.15) is 5.75 Å². The molecular weight excluding hydrogens is 322 g/mol. The van der Waals surface area contributed by atoms with Crippen LogP contribution in [0.3, 0.4) is 0 Å². The van der Waals surface area contributed by atoms with Crippen LogP contribution in [-0.2, 0) is 19.4 Å². The predicted octanol–water partition coefficient (Wildman–Crippen LogP) is 2.86. The Bertz CT molecular complexity index is 557. The zero-order valence-electron chi connectivity index (χ0n) is 11.4. The van der Waals surface area contributed by atoms with Crippen LogP contribution in [0.2, 0.25) is 0 Å². The van der Waals surface area contributed by atoms with Crippen LogP contribution in [0.5, 0.6) is 5.75 Å². The second-order valence-corrected chi connectivity index (χ2v) is 5.35. The van der Waals surface area contributed by atoms with Crippen LogP contribution in [0.1, 0.15) is 30.6 Å². The second-order valence-electron chi connectivity index (χ2n) is 4.43. The third kappa shape index (κ3) is 4.05. The number of halogens is 1. The van der Waals surface area contributed by atoms with Crippen molar-refractivity contribution in [1.82, 2.24) is 10.1 Å². The average molecular weight is 340 g/mol. The largest absolute Gasteiger partial charge is 0.485 e. The van der Waals surface area contributed by atoms with E-state index in [1.165, 1.54) is 0 Å². The van der Waals surface area contributed by atoms with Gasteiger partial charge in [0.15, 0.2) is 6.61 Å². The predicted molar refractivity (Wildman–Crippen MR) is 79.5 cm³/mol. The molecule has 1 aromatic heterocycles. The molecule has 6 heteroatoms. The smallest absolute Gasteiger partial charge is 0.226 e. The number of aromatic nitrogens is 2. The highest BCUT2D eigenvalue weighted by atomic mass is 79.9. The lowest BCUT2D eigenvalue weighted by molar-refractivity contribution is 0.282. The highest BCUT2D eigenvalue weighted by molar-refractivity contribution is 9.10. The molecule has 0 fully saturated rings. The maximum absolute atomic E-state index is 5.76. The zero-order valence-corrected chi connectivity index (χ0v) is 13.0. The van der Waals surface area contributed by atoms with E-state index < -0.39 is 0 Å². The first kappa shape index (κ1) is 15.0. The molecule has 0 aliphatic rings. The fourth-order valence-corrected chi connectivity index (χ4v) is 2.25. The third-order valence-corrected chi connectivity index (χ3v) is 3.26. The van der Waals surface area contributed by atoms with Gasteiger partial charge in [-0.2, -0.15) is 4.98 Å². The molecule has 0 aliphatic carbocycles. The molecule has 2 aromatic rings. The monoisotopic (exact) mass is 339 g/mol. The lowest BCUT2D eigenvalue weighted by atomic mass is 10.1. The third-order valence-electron chi connectivity index (χ3n) is 2.77. The highest BCUT2D eigenvalue weighted by Crippen LogP contribution is 2.24. The number of nitrogens with zero attached hydrogens (tertiary/aromatic N) is 2. The number of ether oxygens (including phenoxy) is 1. The zero-order chi connectivity index (χ0) is 14.4. The van der Waals surface area contributed by atoms with Gasteiger partial charge < -0.3 is 15.0 Å². The van der Waals surface area contributed by atoms with Gasteiger partial charge in [0.2, 0.25) is 11.7 Å². The van der Waals surface area contributed by atoms with Crippen LogP contribution < -0.4 is 10.5 Å². The molecule has 1 aromatic carbocycles. The maximum Gasteiger partial charge on any atom is 0.226 e. The molecule has 0 atom stereocenters. The summed E-state index contributed by atoms with van der Waals surface area (Å²) >= 11 is 3.45. The number of hydrogen-bond donors (Lipinski definition) is 1. The SMILES string of the molecule is CCCc1nc(COc2ccc(Br)cc2CCN)no1. The highest BCUT2D eigenvalue weighted by Gasteiger charge is 2.08. The van der Waals surface area contributed by atoms with Gasteiger partial charge in [0.05, 0.1) is 0 Å². The van der Waals surface area contributed by atoms with E-state index in [4.69, 9.17) is 15.0 Å². The van der Waals surface area contributed by atoms with Gasteiger partial charge in [-0.25, -0.2) is 0 Å². The molecular formula is C14H18BrN3O2. The van der Waals surface area contributed by atoms with Crippen LogP contribution in [0.25, 0.3) is 0 Å². The van der Waals surface area contributed by atoms with Gasteiger partial charge in [0, 0.05) is 10.9 Å². The van der Waals surface area contributed by atoms with Crippen molar-refractivity contribution in [3.8, 4) is 5.75 Å². The van der Waals surface area contributed by atoms with E-state index >= 15 is 0 Å². The molecule has 5 nitrogen and oxygen atoms in total. The minimum Gasteiger partial charge on any atom is -0.485 e. The molecule has 0 bridgehead atoms. The van der Waals surface area contributed by atoms with Gasteiger partial charge in [0.25, 0.3) is 0 Å². The molecule has 0 aliphatic heterocycles. The summed E-state index contributed by atoms with van der Waals surface area (Å²) in [6.45, 7) is 2.95. The van der Waals surface area contributed by atoms with Crippen molar-refractivity contribution in [1.29, 1.82) is 0 Å². The summed E-state index contributed by atoms with van der Waals surface area (Å²) in [7, 11) is 0. The summed E-state index contributed by atoms with van der Waals surface area (Å²) < 4.78 is 11.9. The minimum absolute atomic E-state index is 0.298. The summed E-state index contributed by atoms with van der Waals surface area (Å²) in [6, 6.07) is 5.87. The lowest BCUT2D eigenvalue weighted by Crippen LogP contribution is -2.06. The normalized spacial score (nSPS) is 10.8. The van der Waals surface area contributed by atoms with Crippen molar-refractivity contribution in [2.75, 3.05) is 6.54 Å². The van der Waals surface area contributed by atoms with Gasteiger partial charge in [-0.05, 0) is 43.1 Å². The molecule has 0 radical (unpaired) electrons. The van der Waals surface area contributed by atoms with Crippen molar-refractivity contribution in [2.24, 2.45) is 5.73 Å². The number of aryl methyl sites for hydroxylation is 1. The van der Waals surface area contributed by atoms with Gasteiger partial charge in [-0.3, -0.25) is 0 Å². The quantitative estimate of drug-likeness (QED) is 0.839. The Morgan fingerprint density at radius 1 is 1.35 bits per heavy atom. The van der Waals surface area contributed by atoms with E-state index in [0.717, 1.165) is 35.0 Å². The van der Waals surface area contributed by atoms with Crippen LogP contribution in [0, 0.1) is 0 Å². The minimum atomic E-state index is 0.298. The first-order valence-corrected chi connectivity index (χ1v) is 7.45. The molecule has 0 spiro atoms. The number of rotatable bonds is 7. The van der Waals surface area contributed by atoms with Crippen LogP contribution in [0.4, 0.5) is 0 Å². The Hall–Kier alpha value is -1.40. The Kier molecular flexibility index (Phi) is 5.55. The van der Waals surface area contributed by atoms with E-state index in [9.17, 15) is 0 Å².